The van der Waals surface area contributed by atoms with Crippen molar-refractivity contribution in [2.45, 2.75) is 12.6 Å². The van der Waals surface area contributed by atoms with Gasteiger partial charge in [0.15, 0.2) is 9.84 Å². The van der Waals surface area contributed by atoms with Crippen LogP contribution in [0.25, 0.3) is 0 Å². The fraction of sp³-hybridized carbons (Fsp3) is 0.318. The molecule has 1 fully saturated rings. The maximum atomic E-state index is 13.1. The van der Waals surface area contributed by atoms with E-state index in [1.54, 1.807) is 24.3 Å². The van der Waals surface area contributed by atoms with Crippen molar-refractivity contribution in [1.29, 1.82) is 0 Å². The molecule has 2 aromatic carbocycles. The fourth-order valence-corrected chi connectivity index (χ4v) is 4.71. The lowest BCUT2D eigenvalue weighted by molar-refractivity contribution is -0.126. The number of carbonyl (C=O) groups is 3. The van der Waals surface area contributed by atoms with Gasteiger partial charge < -0.3 is 16.4 Å². The van der Waals surface area contributed by atoms with Gasteiger partial charge in [0.2, 0.25) is 11.8 Å². The zero-order valence-electron chi connectivity index (χ0n) is 17.5. The van der Waals surface area contributed by atoms with E-state index in [0.717, 1.165) is 11.1 Å². The quantitative estimate of drug-likeness (QED) is 0.509. The van der Waals surface area contributed by atoms with Gasteiger partial charge in [0.25, 0.3) is 5.91 Å². The summed E-state index contributed by atoms with van der Waals surface area (Å²) in [6.45, 7) is 0.599. The molecule has 0 aromatic heterocycles. The molecule has 0 bridgehead atoms. The van der Waals surface area contributed by atoms with Crippen LogP contribution < -0.4 is 16.4 Å². The van der Waals surface area contributed by atoms with E-state index in [2.05, 4.69) is 10.6 Å². The van der Waals surface area contributed by atoms with Crippen LogP contribution in [0.1, 0.15) is 27.5 Å². The Morgan fingerprint density at radius 2 is 1.56 bits per heavy atom. The summed E-state index contributed by atoms with van der Waals surface area (Å²) < 4.78 is 23.6. The van der Waals surface area contributed by atoms with Crippen LogP contribution >= 0.6 is 0 Å². The first-order valence-corrected chi connectivity index (χ1v) is 12.0. The average molecular weight is 459 g/mol. The summed E-state index contributed by atoms with van der Waals surface area (Å²) in [7, 11) is -3.06. The molecule has 9 nitrogen and oxygen atoms in total. The van der Waals surface area contributed by atoms with Gasteiger partial charge >= 0.3 is 0 Å². The van der Waals surface area contributed by atoms with Gasteiger partial charge in [0.05, 0.1) is 18.1 Å². The van der Waals surface area contributed by atoms with E-state index >= 15 is 0 Å². The van der Waals surface area contributed by atoms with Gasteiger partial charge in [-0.15, -0.1) is 0 Å². The monoisotopic (exact) mass is 458 g/mol. The van der Waals surface area contributed by atoms with Crippen molar-refractivity contribution in [1.82, 2.24) is 15.5 Å². The SMILES string of the molecule is NC(=O)CNC(=O)c1ccc(CNC(=O)C(c2ccccc2)N2CCS(=O)(=O)CC2)cc1. The van der Waals surface area contributed by atoms with Gasteiger partial charge in [0, 0.05) is 25.2 Å². The zero-order valence-corrected chi connectivity index (χ0v) is 18.3. The predicted molar refractivity (Wildman–Crippen MR) is 119 cm³/mol. The molecule has 0 aliphatic carbocycles. The largest absolute Gasteiger partial charge is 0.368 e. The van der Waals surface area contributed by atoms with Gasteiger partial charge in [-0.3, -0.25) is 19.3 Å². The second-order valence-electron chi connectivity index (χ2n) is 7.56. The van der Waals surface area contributed by atoms with Crippen molar-refractivity contribution < 1.29 is 22.8 Å². The maximum absolute atomic E-state index is 13.1. The van der Waals surface area contributed by atoms with Crippen LogP contribution in [0.2, 0.25) is 0 Å². The number of hydrogen-bond acceptors (Lipinski definition) is 6. The third-order valence-corrected chi connectivity index (χ3v) is 6.82. The Kier molecular flexibility index (Phi) is 7.60. The van der Waals surface area contributed by atoms with E-state index in [0.29, 0.717) is 18.7 Å². The van der Waals surface area contributed by atoms with Crippen LogP contribution in [0.15, 0.2) is 54.6 Å². The van der Waals surface area contributed by atoms with Crippen LogP contribution in [0.3, 0.4) is 0 Å². The Morgan fingerprint density at radius 3 is 2.16 bits per heavy atom. The van der Waals surface area contributed by atoms with Crippen molar-refractivity contribution in [2.24, 2.45) is 5.73 Å². The molecule has 1 unspecified atom stereocenters. The van der Waals surface area contributed by atoms with E-state index in [1.807, 2.05) is 35.2 Å². The van der Waals surface area contributed by atoms with Crippen molar-refractivity contribution >= 4 is 27.6 Å². The molecule has 2 aromatic rings. The topological polar surface area (TPSA) is 139 Å². The summed E-state index contributed by atoms with van der Waals surface area (Å²) in [5, 5.41) is 5.32. The first-order chi connectivity index (χ1) is 15.2. The summed E-state index contributed by atoms with van der Waals surface area (Å²) in [4.78, 5) is 37.7. The Labute approximate surface area is 186 Å². The molecule has 0 radical (unpaired) electrons. The number of rotatable bonds is 8. The molecule has 170 valence electrons. The Bertz CT molecular complexity index is 1060. The highest BCUT2D eigenvalue weighted by atomic mass is 32.2. The third-order valence-electron chi connectivity index (χ3n) is 5.21. The molecular formula is C22H26N4O5S. The van der Waals surface area contributed by atoms with E-state index < -0.39 is 27.7 Å². The van der Waals surface area contributed by atoms with Gasteiger partial charge in [-0.25, -0.2) is 8.42 Å². The van der Waals surface area contributed by atoms with Crippen LogP contribution in [0.4, 0.5) is 0 Å². The molecule has 32 heavy (non-hydrogen) atoms. The van der Waals surface area contributed by atoms with E-state index in [9.17, 15) is 22.8 Å². The van der Waals surface area contributed by atoms with Crippen molar-refractivity contribution in [2.75, 3.05) is 31.1 Å². The third kappa shape index (κ3) is 6.38. The smallest absolute Gasteiger partial charge is 0.251 e. The standard InChI is InChI=1S/C22H26N4O5S/c23-19(27)15-25-21(28)18-8-6-16(7-9-18)14-24-22(29)20(17-4-2-1-3-5-17)26-10-12-32(30,31)13-11-26/h1-9,20H,10-15H2,(H2,23,27)(H,24,29)(H,25,28). The first-order valence-electron chi connectivity index (χ1n) is 10.2. The second-order valence-corrected chi connectivity index (χ2v) is 9.87. The van der Waals surface area contributed by atoms with E-state index in [1.165, 1.54) is 0 Å². The Morgan fingerprint density at radius 1 is 0.938 bits per heavy atom. The molecule has 1 atom stereocenters. The molecule has 3 amide bonds. The van der Waals surface area contributed by atoms with Crippen molar-refractivity contribution in [3.05, 3.63) is 71.3 Å². The molecule has 1 aliphatic heterocycles. The number of benzene rings is 2. The molecule has 0 spiro atoms. The molecule has 1 saturated heterocycles. The average Bonchev–Trinajstić information content (AvgIpc) is 2.78. The molecule has 0 saturated carbocycles. The van der Waals surface area contributed by atoms with E-state index in [-0.39, 0.29) is 30.5 Å². The van der Waals surface area contributed by atoms with Crippen LogP contribution in [-0.2, 0) is 26.0 Å². The summed E-state index contributed by atoms with van der Waals surface area (Å²) in [5.41, 5.74) is 6.98. The molecule has 1 heterocycles. The Balaban J connectivity index is 1.65. The van der Waals surface area contributed by atoms with Crippen molar-refractivity contribution in [3.8, 4) is 0 Å². The number of primary amides is 1. The van der Waals surface area contributed by atoms with Crippen LogP contribution in [0, 0.1) is 0 Å². The van der Waals surface area contributed by atoms with Gasteiger partial charge in [0.1, 0.15) is 6.04 Å². The number of nitrogens with zero attached hydrogens (tertiary/aromatic N) is 1. The highest BCUT2D eigenvalue weighted by molar-refractivity contribution is 7.91. The summed E-state index contributed by atoms with van der Waals surface area (Å²) >= 11 is 0. The van der Waals surface area contributed by atoms with Crippen LogP contribution in [-0.4, -0.2) is 62.2 Å². The second kappa shape index (κ2) is 10.4. The molecule has 3 rings (SSSR count). The maximum Gasteiger partial charge on any atom is 0.251 e. The van der Waals surface area contributed by atoms with E-state index in [4.69, 9.17) is 5.73 Å². The number of carbonyl (C=O) groups excluding carboxylic acids is 3. The summed E-state index contributed by atoms with van der Waals surface area (Å²) in [6.07, 6.45) is 0. The molecule has 10 heteroatoms. The Hall–Kier alpha value is -3.24. The highest BCUT2D eigenvalue weighted by Crippen LogP contribution is 2.23. The number of nitrogens with two attached hydrogens (primary N) is 1. The summed E-state index contributed by atoms with van der Waals surface area (Å²) in [5.74, 6) is -1.20. The fourth-order valence-electron chi connectivity index (χ4n) is 3.48. The predicted octanol–water partition coefficient (Wildman–Crippen LogP) is -0.0104. The van der Waals surface area contributed by atoms with Crippen molar-refractivity contribution in [3.63, 3.8) is 0 Å². The lowest BCUT2D eigenvalue weighted by Crippen LogP contribution is -2.47. The van der Waals surface area contributed by atoms with Crippen LogP contribution in [0.5, 0.6) is 0 Å². The zero-order chi connectivity index (χ0) is 23.1. The molecular weight excluding hydrogens is 432 g/mol. The first kappa shape index (κ1) is 23.4. The number of hydrogen-bond donors (Lipinski definition) is 3. The lowest BCUT2D eigenvalue weighted by Gasteiger charge is -2.33. The minimum absolute atomic E-state index is 0.0306. The normalized spacial score (nSPS) is 16.6. The van der Waals surface area contributed by atoms with Gasteiger partial charge in [-0.2, -0.15) is 0 Å². The van der Waals surface area contributed by atoms with Gasteiger partial charge in [-0.1, -0.05) is 42.5 Å². The highest BCUT2D eigenvalue weighted by Gasteiger charge is 2.32. The number of nitrogens with one attached hydrogen (secondary N) is 2. The minimum atomic E-state index is -3.06. The van der Waals surface area contributed by atoms with Gasteiger partial charge in [-0.05, 0) is 23.3 Å². The molecule has 1 aliphatic rings. The lowest BCUT2D eigenvalue weighted by atomic mass is 10.0. The molecule has 4 N–H and O–H groups in total. The minimum Gasteiger partial charge on any atom is -0.368 e. The number of amides is 3. The number of sulfone groups is 1. The summed E-state index contributed by atoms with van der Waals surface area (Å²) in [6, 6.07) is 15.3.